The van der Waals surface area contributed by atoms with E-state index < -0.39 is 0 Å². The summed E-state index contributed by atoms with van der Waals surface area (Å²) in [4.78, 5) is 19.8. The summed E-state index contributed by atoms with van der Waals surface area (Å²) in [5.74, 6) is 0.867. The molecule has 3 aromatic rings. The molecule has 0 radical (unpaired) electrons. The zero-order valence-electron chi connectivity index (χ0n) is 19.3. The molecule has 1 amide bonds. The first-order valence-electron chi connectivity index (χ1n) is 11.2. The fraction of sp³-hybridized carbons (Fsp3) is 0.185. The maximum atomic E-state index is 13.2. The monoisotopic (exact) mass is 602 g/mol. The Hall–Kier alpha value is -2.85. The van der Waals surface area contributed by atoms with Crippen LogP contribution in [0.1, 0.15) is 25.0 Å². The number of ether oxygens (including phenoxy) is 2. The lowest BCUT2D eigenvalue weighted by molar-refractivity contribution is -0.122. The third-order valence-electron chi connectivity index (χ3n) is 5.11. The molecule has 4 rings (SSSR count). The van der Waals surface area contributed by atoms with Gasteiger partial charge in [0.25, 0.3) is 5.91 Å². The molecule has 3 aromatic carbocycles. The average Bonchev–Trinajstić information content (AvgIpc) is 3.14. The van der Waals surface area contributed by atoms with Crippen LogP contribution in [0, 0.1) is 9.39 Å². The highest BCUT2D eigenvalue weighted by Crippen LogP contribution is 2.38. The molecule has 0 aliphatic carbocycles. The van der Waals surface area contributed by atoms with Crippen molar-refractivity contribution in [2.24, 2.45) is 4.99 Å². The van der Waals surface area contributed by atoms with Crippen molar-refractivity contribution in [3.63, 3.8) is 0 Å². The molecule has 35 heavy (non-hydrogen) atoms. The minimum Gasteiger partial charge on any atom is -0.490 e. The van der Waals surface area contributed by atoms with Gasteiger partial charge in [-0.25, -0.2) is 9.38 Å². The van der Waals surface area contributed by atoms with E-state index in [4.69, 9.17) is 9.47 Å². The van der Waals surface area contributed by atoms with Crippen LogP contribution in [-0.4, -0.2) is 29.1 Å². The van der Waals surface area contributed by atoms with Gasteiger partial charge in [0, 0.05) is 6.54 Å². The summed E-state index contributed by atoms with van der Waals surface area (Å²) in [5, 5.41) is 0.568. The van der Waals surface area contributed by atoms with Crippen molar-refractivity contribution in [3.05, 3.63) is 92.1 Å². The van der Waals surface area contributed by atoms with Gasteiger partial charge in [-0.2, -0.15) is 0 Å². The highest BCUT2D eigenvalue weighted by atomic mass is 127. The zero-order valence-corrected chi connectivity index (χ0v) is 22.3. The third kappa shape index (κ3) is 6.24. The molecule has 1 heterocycles. The van der Waals surface area contributed by atoms with Crippen molar-refractivity contribution in [2.45, 2.75) is 20.5 Å². The number of likely N-dealkylation sites (N-methyl/N-ethyl adjacent to an activating group) is 1. The molecule has 0 bridgehead atoms. The standard InChI is InChI=1S/C27H24FIN2O3S/c1-3-31-26(32)24(35-27(31)30-21-12-10-20(28)11-13-21)16-19-14-22(29)25(23(15-19)33-4-2)34-17-18-8-6-5-7-9-18/h5-16H,3-4,17H2,1-2H3/b24-16+,30-27?. The van der Waals surface area contributed by atoms with Crippen molar-refractivity contribution in [2.75, 3.05) is 13.2 Å². The summed E-state index contributed by atoms with van der Waals surface area (Å²) >= 11 is 3.53. The normalized spacial score (nSPS) is 15.8. The number of hydrogen-bond donors (Lipinski definition) is 0. The lowest BCUT2D eigenvalue weighted by Gasteiger charge is -2.15. The van der Waals surface area contributed by atoms with Crippen LogP contribution >= 0.6 is 34.4 Å². The number of carbonyl (C=O) groups is 1. The molecule has 0 saturated carbocycles. The molecule has 0 spiro atoms. The van der Waals surface area contributed by atoms with Gasteiger partial charge in [-0.05, 0) is 102 Å². The van der Waals surface area contributed by atoms with E-state index in [0.29, 0.717) is 47.0 Å². The summed E-state index contributed by atoms with van der Waals surface area (Å²) in [6.45, 7) is 5.23. The minimum absolute atomic E-state index is 0.115. The maximum Gasteiger partial charge on any atom is 0.266 e. The molecular formula is C27H24FIN2O3S. The van der Waals surface area contributed by atoms with Crippen LogP contribution in [0.25, 0.3) is 6.08 Å². The lowest BCUT2D eigenvalue weighted by atomic mass is 10.1. The second-order valence-electron chi connectivity index (χ2n) is 7.57. The number of amidine groups is 1. The Balaban J connectivity index is 1.61. The van der Waals surface area contributed by atoms with Gasteiger partial charge in [-0.1, -0.05) is 30.3 Å². The van der Waals surface area contributed by atoms with Gasteiger partial charge in [0.15, 0.2) is 16.7 Å². The minimum atomic E-state index is -0.326. The highest BCUT2D eigenvalue weighted by molar-refractivity contribution is 14.1. The Bertz CT molecular complexity index is 1260. The van der Waals surface area contributed by atoms with Gasteiger partial charge in [-0.15, -0.1) is 0 Å². The molecule has 1 fully saturated rings. The molecule has 5 nitrogen and oxygen atoms in total. The van der Waals surface area contributed by atoms with Crippen molar-refractivity contribution < 1.29 is 18.7 Å². The van der Waals surface area contributed by atoms with E-state index in [1.807, 2.05) is 62.4 Å². The second-order valence-corrected chi connectivity index (χ2v) is 9.74. The predicted molar refractivity (Wildman–Crippen MR) is 148 cm³/mol. The fourth-order valence-electron chi connectivity index (χ4n) is 3.45. The summed E-state index contributed by atoms with van der Waals surface area (Å²) in [6.07, 6.45) is 1.84. The third-order valence-corrected chi connectivity index (χ3v) is 6.92. The first-order valence-corrected chi connectivity index (χ1v) is 13.1. The highest BCUT2D eigenvalue weighted by Gasteiger charge is 2.32. The summed E-state index contributed by atoms with van der Waals surface area (Å²) in [6, 6.07) is 19.7. The number of aliphatic imine (C=N–C) groups is 1. The SMILES string of the molecule is CCOc1cc(/C=C2/SC(=Nc3ccc(F)cc3)N(CC)C2=O)cc(I)c1OCc1ccccc1. The first-order chi connectivity index (χ1) is 17.0. The van der Waals surface area contributed by atoms with Crippen molar-refractivity contribution >= 4 is 57.2 Å². The van der Waals surface area contributed by atoms with Gasteiger partial charge >= 0.3 is 0 Å². The summed E-state index contributed by atoms with van der Waals surface area (Å²) in [5.41, 5.74) is 2.49. The van der Waals surface area contributed by atoms with E-state index in [-0.39, 0.29) is 11.7 Å². The van der Waals surface area contributed by atoms with Crippen LogP contribution in [0.2, 0.25) is 0 Å². The molecule has 1 aliphatic heterocycles. The molecule has 0 unspecified atom stereocenters. The molecule has 1 aliphatic rings. The topological polar surface area (TPSA) is 51.1 Å². The van der Waals surface area contributed by atoms with Crippen molar-refractivity contribution in [1.29, 1.82) is 0 Å². The second kappa shape index (κ2) is 11.7. The van der Waals surface area contributed by atoms with Crippen LogP contribution in [0.5, 0.6) is 11.5 Å². The molecular weight excluding hydrogens is 578 g/mol. The maximum absolute atomic E-state index is 13.2. The number of hydrogen-bond acceptors (Lipinski definition) is 5. The van der Waals surface area contributed by atoms with E-state index in [1.165, 1.54) is 23.9 Å². The van der Waals surface area contributed by atoms with E-state index >= 15 is 0 Å². The predicted octanol–water partition coefficient (Wildman–Crippen LogP) is 7.03. The Morgan fingerprint density at radius 2 is 1.80 bits per heavy atom. The number of nitrogens with zero attached hydrogens (tertiary/aromatic N) is 2. The number of benzene rings is 3. The van der Waals surface area contributed by atoms with Crippen molar-refractivity contribution in [3.8, 4) is 11.5 Å². The van der Waals surface area contributed by atoms with Gasteiger partial charge in [0.05, 0.1) is 20.8 Å². The number of thioether (sulfide) groups is 1. The molecule has 1 saturated heterocycles. The summed E-state index contributed by atoms with van der Waals surface area (Å²) < 4.78 is 26.1. The van der Waals surface area contributed by atoms with Gasteiger partial charge < -0.3 is 9.47 Å². The molecule has 8 heteroatoms. The van der Waals surface area contributed by atoms with Crippen LogP contribution in [0.3, 0.4) is 0 Å². The van der Waals surface area contributed by atoms with Crippen LogP contribution in [-0.2, 0) is 11.4 Å². The summed E-state index contributed by atoms with van der Waals surface area (Å²) in [7, 11) is 0. The van der Waals surface area contributed by atoms with Crippen molar-refractivity contribution in [1.82, 2.24) is 4.90 Å². The number of rotatable bonds is 8. The Kier molecular flexibility index (Phi) is 8.46. The van der Waals surface area contributed by atoms with Gasteiger partial charge in [0.1, 0.15) is 12.4 Å². The molecule has 0 N–H and O–H groups in total. The van der Waals surface area contributed by atoms with Crippen LogP contribution in [0.15, 0.2) is 76.6 Å². The first kappa shape index (κ1) is 25.2. The van der Waals surface area contributed by atoms with E-state index in [0.717, 1.165) is 14.7 Å². The Morgan fingerprint density at radius 1 is 1.06 bits per heavy atom. The van der Waals surface area contributed by atoms with Crippen LogP contribution in [0.4, 0.5) is 10.1 Å². The Labute approximate surface area is 222 Å². The molecule has 0 atom stereocenters. The number of amides is 1. The Morgan fingerprint density at radius 3 is 2.49 bits per heavy atom. The zero-order chi connectivity index (χ0) is 24.8. The largest absolute Gasteiger partial charge is 0.490 e. The van der Waals surface area contributed by atoms with Gasteiger partial charge in [0.2, 0.25) is 0 Å². The molecule has 180 valence electrons. The van der Waals surface area contributed by atoms with E-state index in [2.05, 4.69) is 27.6 Å². The quantitative estimate of drug-likeness (QED) is 0.205. The molecule has 0 aromatic heterocycles. The average molecular weight is 602 g/mol. The van der Waals surface area contributed by atoms with Gasteiger partial charge in [-0.3, -0.25) is 9.69 Å². The van der Waals surface area contributed by atoms with E-state index in [1.54, 1.807) is 17.0 Å². The van der Waals surface area contributed by atoms with E-state index in [9.17, 15) is 9.18 Å². The lowest BCUT2D eigenvalue weighted by Crippen LogP contribution is -2.28. The number of halogens is 2. The fourth-order valence-corrected chi connectivity index (χ4v) is 5.30. The number of carbonyl (C=O) groups excluding carboxylic acids is 1. The smallest absolute Gasteiger partial charge is 0.266 e. The van der Waals surface area contributed by atoms with Crippen LogP contribution < -0.4 is 9.47 Å².